The van der Waals surface area contributed by atoms with Crippen LogP contribution in [0.3, 0.4) is 0 Å². The molecule has 0 aliphatic carbocycles. The predicted octanol–water partition coefficient (Wildman–Crippen LogP) is 3.36. The summed E-state index contributed by atoms with van der Waals surface area (Å²) in [5, 5.41) is 8.69. The summed E-state index contributed by atoms with van der Waals surface area (Å²) in [6, 6.07) is 5.47. The smallest absolute Gasteiger partial charge is 0.328 e. The molecule has 4 nitrogen and oxygen atoms in total. The molecule has 0 radical (unpaired) electrons. The molecule has 1 aromatic rings. The highest BCUT2D eigenvalue weighted by molar-refractivity contribution is 5.86. The molecule has 0 aliphatic rings. The number of hydrogen-bond acceptors (Lipinski definition) is 3. The van der Waals surface area contributed by atoms with E-state index in [1.165, 1.54) is 6.08 Å². The number of ether oxygens (including phenoxy) is 2. The largest absolute Gasteiger partial charge is 0.490 e. The van der Waals surface area contributed by atoms with Crippen LogP contribution in [0.2, 0.25) is 0 Å². The van der Waals surface area contributed by atoms with Crippen molar-refractivity contribution in [3.8, 4) is 11.5 Å². The van der Waals surface area contributed by atoms with Crippen molar-refractivity contribution in [1.82, 2.24) is 0 Å². The van der Waals surface area contributed by atoms with Gasteiger partial charge in [0.25, 0.3) is 0 Å². The van der Waals surface area contributed by atoms with Gasteiger partial charge in [0.1, 0.15) is 0 Å². The molecular formula is C15H20O4. The highest BCUT2D eigenvalue weighted by Gasteiger charge is 2.09. The van der Waals surface area contributed by atoms with Gasteiger partial charge in [-0.05, 0) is 25.0 Å². The van der Waals surface area contributed by atoms with Crippen molar-refractivity contribution < 1.29 is 19.4 Å². The summed E-state index contributed by atoms with van der Waals surface area (Å²) in [7, 11) is 0. The Bertz CT molecular complexity index is 438. The van der Waals surface area contributed by atoms with Crippen molar-refractivity contribution in [3.05, 3.63) is 29.8 Å². The maximum absolute atomic E-state index is 10.6. The summed E-state index contributed by atoms with van der Waals surface area (Å²) in [5.74, 6) is 0.277. The second-order valence-electron chi connectivity index (χ2n) is 4.04. The summed E-state index contributed by atoms with van der Waals surface area (Å²) >= 11 is 0. The van der Waals surface area contributed by atoms with Crippen LogP contribution >= 0.6 is 0 Å². The zero-order valence-electron chi connectivity index (χ0n) is 11.4. The minimum atomic E-state index is -0.985. The van der Waals surface area contributed by atoms with Crippen molar-refractivity contribution >= 4 is 12.0 Å². The number of carboxylic acids is 1. The molecule has 0 spiro atoms. The Morgan fingerprint density at radius 3 is 2.53 bits per heavy atom. The lowest BCUT2D eigenvalue weighted by atomic mass is 10.1. The molecule has 0 fully saturated rings. The van der Waals surface area contributed by atoms with Crippen molar-refractivity contribution in [2.45, 2.75) is 26.7 Å². The molecule has 0 unspecified atom stereocenters. The number of carbonyl (C=O) groups is 1. The lowest BCUT2D eigenvalue weighted by molar-refractivity contribution is -0.131. The van der Waals surface area contributed by atoms with Crippen LogP contribution in [0.1, 0.15) is 32.3 Å². The van der Waals surface area contributed by atoms with Crippen molar-refractivity contribution in [3.63, 3.8) is 0 Å². The third-order valence-electron chi connectivity index (χ3n) is 2.33. The Morgan fingerprint density at radius 1 is 1.21 bits per heavy atom. The van der Waals surface area contributed by atoms with E-state index in [2.05, 4.69) is 0 Å². The number of benzene rings is 1. The summed E-state index contributed by atoms with van der Waals surface area (Å²) in [6.45, 7) is 5.22. The quantitative estimate of drug-likeness (QED) is 0.731. The Balaban J connectivity index is 3.02. The van der Waals surface area contributed by atoms with E-state index in [4.69, 9.17) is 14.6 Å². The van der Waals surface area contributed by atoms with Gasteiger partial charge < -0.3 is 14.6 Å². The van der Waals surface area contributed by atoms with Crippen LogP contribution in [-0.2, 0) is 4.79 Å². The lowest BCUT2D eigenvalue weighted by Crippen LogP contribution is -2.02. The Kier molecular flexibility index (Phi) is 6.50. The number of para-hydroxylation sites is 1. The molecule has 0 aliphatic heterocycles. The molecule has 0 saturated carbocycles. The molecule has 0 aromatic heterocycles. The topological polar surface area (TPSA) is 55.8 Å². The molecule has 4 heteroatoms. The number of carboxylic acid groups (broad SMARTS) is 1. The first-order valence-corrected chi connectivity index (χ1v) is 6.48. The van der Waals surface area contributed by atoms with E-state index < -0.39 is 5.97 Å². The molecule has 19 heavy (non-hydrogen) atoms. The van der Waals surface area contributed by atoms with Crippen LogP contribution in [0.5, 0.6) is 11.5 Å². The van der Waals surface area contributed by atoms with Crippen LogP contribution in [0, 0.1) is 0 Å². The van der Waals surface area contributed by atoms with Gasteiger partial charge >= 0.3 is 5.97 Å². The third-order valence-corrected chi connectivity index (χ3v) is 2.33. The molecule has 104 valence electrons. The second kappa shape index (κ2) is 8.19. The molecule has 0 atom stereocenters. The van der Waals surface area contributed by atoms with Gasteiger partial charge in [-0.25, -0.2) is 4.79 Å². The van der Waals surface area contributed by atoms with Crippen LogP contribution in [-0.4, -0.2) is 24.3 Å². The first-order chi connectivity index (χ1) is 9.19. The second-order valence-corrected chi connectivity index (χ2v) is 4.04. The molecule has 0 amide bonds. The average Bonchev–Trinajstić information content (AvgIpc) is 2.41. The summed E-state index contributed by atoms with van der Waals surface area (Å²) in [5.41, 5.74) is 0.712. The summed E-state index contributed by atoms with van der Waals surface area (Å²) in [6.07, 6.45) is 4.40. The van der Waals surface area contributed by atoms with E-state index >= 15 is 0 Å². The molecule has 1 aromatic carbocycles. The van der Waals surface area contributed by atoms with E-state index in [0.29, 0.717) is 30.3 Å². The highest BCUT2D eigenvalue weighted by atomic mass is 16.5. The van der Waals surface area contributed by atoms with E-state index in [-0.39, 0.29) is 0 Å². The minimum Gasteiger partial charge on any atom is -0.490 e. The zero-order chi connectivity index (χ0) is 14.1. The lowest BCUT2D eigenvalue weighted by Gasteiger charge is -2.14. The molecule has 0 heterocycles. The molecule has 1 N–H and O–H groups in total. The van der Waals surface area contributed by atoms with Gasteiger partial charge in [0.05, 0.1) is 13.2 Å². The summed E-state index contributed by atoms with van der Waals surface area (Å²) in [4.78, 5) is 10.6. The van der Waals surface area contributed by atoms with Crippen molar-refractivity contribution in [1.29, 1.82) is 0 Å². The maximum Gasteiger partial charge on any atom is 0.328 e. The fourth-order valence-electron chi connectivity index (χ4n) is 1.51. The average molecular weight is 264 g/mol. The summed E-state index contributed by atoms with van der Waals surface area (Å²) < 4.78 is 11.3. The van der Waals surface area contributed by atoms with E-state index in [1.807, 2.05) is 32.0 Å². The highest BCUT2D eigenvalue weighted by Crippen LogP contribution is 2.32. The fraction of sp³-hybridized carbons (Fsp3) is 0.400. The molecule has 1 rings (SSSR count). The van der Waals surface area contributed by atoms with Crippen LogP contribution < -0.4 is 9.47 Å². The first kappa shape index (κ1) is 15.1. The van der Waals surface area contributed by atoms with Gasteiger partial charge in [0.15, 0.2) is 11.5 Å². The third kappa shape index (κ3) is 5.04. The van der Waals surface area contributed by atoms with Crippen LogP contribution in [0.4, 0.5) is 0 Å². The van der Waals surface area contributed by atoms with E-state index in [0.717, 1.165) is 18.9 Å². The van der Waals surface area contributed by atoms with Gasteiger partial charge in [-0.3, -0.25) is 0 Å². The predicted molar refractivity (Wildman–Crippen MR) is 74.7 cm³/mol. The molecule has 0 saturated heterocycles. The van der Waals surface area contributed by atoms with Gasteiger partial charge in [-0.1, -0.05) is 26.0 Å². The molecular weight excluding hydrogens is 244 g/mol. The van der Waals surface area contributed by atoms with Crippen LogP contribution in [0.25, 0.3) is 6.08 Å². The van der Waals surface area contributed by atoms with E-state index in [9.17, 15) is 4.79 Å². The first-order valence-electron chi connectivity index (χ1n) is 6.48. The number of aliphatic carboxylic acids is 1. The molecule has 0 bridgehead atoms. The van der Waals surface area contributed by atoms with Gasteiger partial charge in [-0.15, -0.1) is 0 Å². The minimum absolute atomic E-state index is 0.570. The van der Waals surface area contributed by atoms with Crippen LogP contribution in [0.15, 0.2) is 24.3 Å². The van der Waals surface area contributed by atoms with Crippen molar-refractivity contribution in [2.75, 3.05) is 13.2 Å². The van der Waals surface area contributed by atoms with E-state index in [1.54, 1.807) is 0 Å². The van der Waals surface area contributed by atoms with Gasteiger partial charge in [0.2, 0.25) is 0 Å². The fourth-order valence-corrected chi connectivity index (χ4v) is 1.51. The normalized spacial score (nSPS) is 10.6. The SMILES string of the molecule is CCCOc1cccc(C=CC(=O)O)c1OCCC. The maximum atomic E-state index is 10.6. The monoisotopic (exact) mass is 264 g/mol. The van der Waals surface area contributed by atoms with Gasteiger partial charge in [0, 0.05) is 11.6 Å². The zero-order valence-corrected chi connectivity index (χ0v) is 11.4. The standard InChI is InChI=1S/C15H20O4/c1-3-10-18-13-7-5-6-12(8-9-14(16)17)15(13)19-11-4-2/h5-9H,3-4,10-11H2,1-2H3,(H,16,17). The Morgan fingerprint density at radius 2 is 1.89 bits per heavy atom. The Labute approximate surface area is 113 Å². The number of hydrogen-bond donors (Lipinski definition) is 1. The number of rotatable bonds is 8. The van der Waals surface area contributed by atoms with Gasteiger partial charge in [-0.2, -0.15) is 0 Å². The Hall–Kier alpha value is -1.97. The van der Waals surface area contributed by atoms with Crippen molar-refractivity contribution in [2.24, 2.45) is 0 Å².